The molecule has 0 amide bonds. The highest BCUT2D eigenvalue weighted by Crippen LogP contribution is 2.32. The lowest BCUT2D eigenvalue weighted by molar-refractivity contribution is 0.461. The largest absolute Gasteiger partial charge is 0.363 e. The van der Waals surface area contributed by atoms with E-state index in [1.54, 1.807) is 24.3 Å². The van der Waals surface area contributed by atoms with Crippen LogP contribution in [0.15, 0.2) is 71.6 Å². The van der Waals surface area contributed by atoms with Crippen LogP contribution in [0.4, 0.5) is 10.1 Å². The SMILES string of the molecule is N#Cc1ccc(N(Cc2ccccc2Cl)[C@H]2CCN(S(=O)(=O)c3ccccc3F)C2)cc1Cl. The Kier molecular flexibility index (Phi) is 6.91. The Morgan fingerprint density at radius 1 is 1.06 bits per heavy atom. The number of hydrogen-bond donors (Lipinski definition) is 0. The number of nitriles is 1. The van der Waals surface area contributed by atoms with E-state index >= 15 is 0 Å². The van der Waals surface area contributed by atoms with Crippen LogP contribution in [0.25, 0.3) is 0 Å². The third kappa shape index (κ3) is 4.85. The first-order chi connectivity index (χ1) is 15.8. The molecule has 4 rings (SSSR count). The minimum absolute atomic E-state index is 0.179. The van der Waals surface area contributed by atoms with Crippen molar-refractivity contribution in [3.05, 3.63) is 93.7 Å². The van der Waals surface area contributed by atoms with Gasteiger partial charge in [0.05, 0.1) is 10.6 Å². The lowest BCUT2D eigenvalue weighted by Gasteiger charge is -2.32. The fraction of sp³-hybridized carbons (Fsp3) is 0.208. The first-order valence-electron chi connectivity index (χ1n) is 10.3. The van der Waals surface area contributed by atoms with E-state index in [0.717, 1.165) is 17.3 Å². The summed E-state index contributed by atoms with van der Waals surface area (Å²) >= 11 is 12.7. The van der Waals surface area contributed by atoms with Gasteiger partial charge in [0.1, 0.15) is 16.8 Å². The van der Waals surface area contributed by atoms with Crippen LogP contribution in [0.1, 0.15) is 17.5 Å². The standard InChI is InChI=1S/C24H20Cl2FN3O2S/c25-21-6-2-1-5-18(21)15-30(19-10-9-17(14-28)22(26)13-19)20-11-12-29(16-20)33(31,32)24-8-4-3-7-23(24)27/h1-10,13,20H,11-12,15-16H2/t20-/m0/s1. The molecule has 0 aromatic heterocycles. The van der Waals surface area contributed by atoms with E-state index in [2.05, 4.69) is 0 Å². The van der Waals surface area contributed by atoms with Gasteiger partial charge in [-0.1, -0.05) is 53.5 Å². The Hall–Kier alpha value is -2.63. The van der Waals surface area contributed by atoms with Crippen LogP contribution in [0.5, 0.6) is 0 Å². The summed E-state index contributed by atoms with van der Waals surface area (Å²) in [5.74, 6) is -0.771. The van der Waals surface area contributed by atoms with Crippen LogP contribution < -0.4 is 4.90 Å². The van der Waals surface area contributed by atoms with Crippen molar-refractivity contribution < 1.29 is 12.8 Å². The van der Waals surface area contributed by atoms with Crippen molar-refractivity contribution in [2.45, 2.75) is 23.9 Å². The molecule has 0 unspecified atom stereocenters. The first-order valence-corrected chi connectivity index (χ1v) is 12.4. The van der Waals surface area contributed by atoms with E-state index < -0.39 is 15.8 Å². The summed E-state index contributed by atoms with van der Waals surface area (Å²) in [6.45, 7) is 0.850. The lowest BCUT2D eigenvalue weighted by Crippen LogP contribution is -2.39. The summed E-state index contributed by atoms with van der Waals surface area (Å²) in [6.07, 6.45) is 0.537. The van der Waals surface area contributed by atoms with Gasteiger partial charge in [0.2, 0.25) is 10.0 Å². The van der Waals surface area contributed by atoms with Gasteiger partial charge < -0.3 is 4.90 Å². The van der Waals surface area contributed by atoms with Gasteiger partial charge in [-0.3, -0.25) is 0 Å². The van der Waals surface area contributed by atoms with Gasteiger partial charge in [-0.05, 0) is 48.4 Å². The molecular formula is C24H20Cl2FN3O2S. The van der Waals surface area contributed by atoms with Crippen molar-refractivity contribution in [2.24, 2.45) is 0 Å². The Balaban J connectivity index is 1.67. The number of anilines is 1. The summed E-state index contributed by atoms with van der Waals surface area (Å²) in [6, 6.07) is 19.8. The predicted molar refractivity (Wildman–Crippen MR) is 127 cm³/mol. The van der Waals surface area contributed by atoms with Crippen molar-refractivity contribution in [3.63, 3.8) is 0 Å². The number of sulfonamides is 1. The van der Waals surface area contributed by atoms with Gasteiger partial charge in [0.25, 0.3) is 0 Å². The fourth-order valence-corrected chi connectivity index (χ4v) is 5.96. The van der Waals surface area contributed by atoms with Crippen LogP contribution in [0.2, 0.25) is 10.0 Å². The van der Waals surface area contributed by atoms with Crippen molar-refractivity contribution in [2.75, 3.05) is 18.0 Å². The van der Waals surface area contributed by atoms with E-state index in [0.29, 0.717) is 28.6 Å². The summed E-state index contributed by atoms with van der Waals surface area (Å²) in [5, 5.41) is 10.1. The average molecular weight is 504 g/mol. The van der Waals surface area contributed by atoms with E-state index in [4.69, 9.17) is 23.2 Å². The zero-order valence-electron chi connectivity index (χ0n) is 17.5. The molecule has 9 heteroatoms. The topological polar surface area (TPSA) is 64.4 Å². The second kappa shape index (κ2) is 9.70. The molecule has 1 fully saturated rings. The number of hydrogen-bond acceptors (Lipinski definition) is 4. The van der Waals surface area contributed by atoms with Gasteiger partial charge in [-0.15, -0.1) is 0 Å². The highest BCUT2D eigenvalue weighted by Gasteiger charge is 2.37. The molecule has 3 aromatic rings. The van der Waals surface area contributed by atoms with Gasteiger partial charge >= 0.3 is 0 Å². The normalized spacial score (nSPS) is 16.5. The maximum Gasteiger partial charge on any atom is 0.246 e. The average Bonchev–Trinajstić information content (AvgIpc) is 3.29. The highest BCUT2D eigenvalue weighted by atomic mass is 35.5. The smallest absolute Gasteiger partial charge is 0.246 e. The Morgan fingerprint density at radius 3 is 2.48 bits per heavy atom. The molecule has 1 saturated heterocycles. The fourth-order valence-electron chi connectivity index (χ4n) is 3.99. The highest BCUT2D eigenvalue weighted by molar-refractivity contribution is 7.89. The van der Waals surface area contributed by atoms with E-state index in [-0.39, 0.29) is 24.0 Å². The van der Waals surface area contributed by atoms with Gasteiger partial charge in [0.15, 0.2) is 0 Å². The monoisotopic (exact) mass is 503 g/mol. The third-order valence-electron chi connectivity index (χ3n) is 5.72. The number of halogens is 3. The quantitative estimate of drug-likeness (QED) is 0.447. The summed E-state index contributed by atoms with van der Waals surface area (Å²) in [7, 11) is -3.98. The lowest BCUT2D eigenvalue weighted by atomic mass is 10.1. The molecular weight excluding hydrogens is 484 g/mol. The number of benzene rings is 3. The molecule has 1 atom stereocenters. The van der Waals surface area contributed by atoms with Crippen LogP contribution in [-0.4, -0.2) is 31.9 Å². The molecule has 5 nitrogen and oxygen atoms in total. The van der Waals surface area contributed by atoms with Crippen molar-refractivity contribution >= 4 is 38.9 Å². The summed E-state index contributed by atoms with van der Waals surface area (Å²) in [4.78, 5) is 1.70. The second-order valence-corrected chi connectivity index (χ2v) is 10.5. The molecule has 0 N–H and O–H groups in total. The molecule has 0 aliphatic carbocycles. The minimum atomic E-state index is -3.98. The van der Waals surface area contributed by atoms with Crippen molar-refractivity contribution in [1.82, 2.24) is 4.31 Å². The van der Waals surface area contributed by atoms with Gasteiger partial charge in [-0.25, -0.2) is 12.8 Å². The van der Waals surface area contributed by atoms with Crippen molar-refractivity contribution in [1.29, 1.82) is 5.26 Å². The molecule has 0 radical (unpaired) electrons. The predicted octanol–water partition coefficient (Wildman–Crippen LogP) is 5.47. The molecule has 0 saturated carbocycles. The van der Waals surface area contributed by atoms with E-state index in [9.17, 15) is 18.1 Å². The Labute approximate surface area is 202 Å². The molecule has 3 aromatic carbocycles. The maximum absolute atomic E-state index is 14.2. The summed E-state index contributed by atoms with van der Waals surface area (Å²) < 4.78 is 41.7. The zero-order valence-corrected chi connectivity index (χ0v) is 19.8. The van der Waals surface area contributed by atoms with Crippen LogP contribution in [0.3, 0.4) is 0 Å². The first kappa shape index (κ1) is 23.5. The molecule has 170 valence electrons. The number of rotatable bonds is 6. The van der Waals surface area contributed by atoms with E-state index in [1.165, 1.54) is 22.5 Å². The molecule has 0 spiro atoms. The molecule has 33 heavy (non-hydrogen) atoms. The minimum Gasteiger partial charge on any atom is -0.363 e. The molecule has 1 aliphatic heterocycles. The molecule has 1 aliphatic rings. The Morgan fingerprint density at radius 2 is 1.79 bits per heavy atom. The molecule has 0 bridgehead atoms. The third-order valence-corrected chi connectivity index (χ3v) is 8.30. The van der Waals surface area contributed by atoms with Crippen LogP contribution in [-0.2, 0) is 16.6 Å². The van der Waals surface area contributed by atoms with Crippen LogP contribution >= 0.6 is 23.2 Å². The maximum atomic E-state index is 14.2. The van der Waals surface area contributed by atoms with Gasteiger partial charge in [0, 0.05) is 36.4 Å². The van der Waals surface area contributed by atoms with E-state index in [1.807, 2.05) is 29.2 Å². The van der Waals surface area contributed by atoms with Crippen molar-refractivity contribution in [3.8, 4) is 6.07 Å². The summed E-state index contributed by atoms with van der Waals surface area (Å²) in [5.41, 5.74) is 1.97. The van der Waals surface area contributed by atoms with Gasteiger partial charge in [-0.2, -0.15) is 9.57 Å². The Bertz CT molecular complexity index is 1330. The zero-order chi connectivity index (χ0) is 23.6. The molecule has 1 heterocycles. The van der Waals surface area contributed by atoms with Crippen LogP contribution in [0, 0.1) is 17.1 Å². The second-order valence-electron chi connectivity index (χ2n) is 7.73. The number of nitrogens with zero attached hydrogens (tertiary/aromatic N) is 3.